The van der Waals surface area contributed by atoms with E-state index in [0.29, 0.717) is 54.0 Å². The number of nitrogens with zero attached hydrogens (tertiary/aromatic N) is 14. The number of hydrogen-bond acceptors (Lipinski definition) is 7. The first-order valence-corrected chi connectivity index (χ1v) is 28.1. The van der Waals surface area contributed by atoms with E-state index in [4.69, 9.17) is 0 Å². The van der Waals surface area contributed by atoms with Gasteiger partial charge >= 0.3 is 0 Å². The Labute approximate surface area is 468 Å². The molecular weight excluding hydrogens is 960 g/mol. The Morgan fingerprint density at radius 1 is 0.416 bits per heavy atom. The van der Waals surface area contributed by atoms with Gasteiger partial charge in [0.25, 0.3) is 0 Å². The highest BCUT2D eigenvalue weighted by atomic mass is 19.1. The number of hydrogen-bond donors (Lipinski definition) is 0. The average Bonchev–Trinajstić information content (AvgIpc) is 4.15. The summed E-state index contributed by atoms with van der Waals surface area (Å²) in [6, 6.07) is 1.30. The summed E-state index contributed by atoms with van der Waals surface area (Å²) in [6.45, 7) is 46.0. The summed E-state index contributed by atoms with van der Waals surface area (Å²) in [6.07, 6.45) is 31.9. The van der Waals surface area contributed by atoms with Crippen molar-refractivity contribution >= 4 is 0 Å². The SMILES string of the molecule is C.C.CC(C)c1cn(C(C)C)cn1.CC(C)c1cn(C)cn1.CC(C)c1cn(C2CC2)cn1.CC(F)Cn1cnc(C(C)C)c1.CCCn1cnc(C(C)C)c1.CCCn1cnc(C(C)C)c1.CCn1cnc(C(C)C)c1. The molecule has 77 heavy (non-hydrogen) atoms. The van der Waals surface area contributed by atoms with Gasteiger partial charge in [0.05, 0.1) is 90.7 Å². The zero-order valence-corrected chi connectivity index (χ0v) is 50.7. The van der Waals surface area contributed by atoms with Gasteiger partial charge in [0.2, 0.25) is 0 Å². The molecule has 0 saturated heterocycles. The number of aromatic nitrogens is 14. The first-order chi connectivity index (χ1) is 35.4. The third kappa shape index (κ3) is 28.0. The predicted molar refractivity (Wildman–Crippen MR) is 324 cm³/mol. The molecule has 1 saturated carbocycles. The average molecular weight is 1070 g/mol. The maximum atomic E-state index is 12.5. The summed E-state index contributed by atoms with van der Waals surface area (Å²) < 4.78 is 27.1. The van der Waals surface area contributed by atoms with Crippen LogP contribution in [0.5, 0.6) is 0 Å². The van der Waals surface area contributed by atoms with Gasteiger partial charge in [-0.25, -0.2) is 39.3 Å². The first kappa shape index (κ1) is 71.4. The molecule has 0 aromatic carbocycles. The van der Waals surface area contributed by atoms with Gasteiger partial charge in [-0.05, 0) is 94.8 Å². The van der Waals surface area contributed by atoms with E-state index in [1.54, 1.807) is 17.8 Å². The zero-order chi connectivity index (χ0) is 56.4. The molecule has 0 N–H and O–H groups in total. The van der Waals surface area contributed by atoms with Crippen LogP contribution in [0.25, 0.3) is 0 Å². The Morgan fingerprint density at radius 2 is 0.740 bits per heavy atom. The highest BCUT2D eigenvalue weighted by Crippen LogP contribution is 2.35. The van der Waals surface area contributed by atoms with E-state index in [-0.39, 0.29) is 14.9 Å². The van der Waals surface area contributed by atoms with Crippen LogP contribution in [0.3, 0.4) is 0 Å². The molecule has 0 spiro atoms. The molecule has 7 aromatic heterocycles. The minimum atomic E-state index is -0.806. The predicted octanol–water partition coefficient (Wildman–Crippen LogP) is 17.0. The topological polar surface area (TPSA) is 125 Å². The second-order valence-corrected chi connectivity index (χ2v) is 22.3. The standard InChI is InChI=1S/C9H15FN2.C9H14N2.3C9H16N2.C8H14N2.C7H12N2.2CH4/c1-7(2)9-5-12(6-11-9)4-8(3)10;1-7(2)9-5-11(6-10-9)8-3-4-8;1-7(2)9-5-11(6-10-9)8(3)4;2*1-4-5-11-6-9(8(2)3)10-7-11;1-4-10-5-8(7(2)3)9-6-10;1-6(2)7-4-9(3)5-8-7;;/h5-8H,4H2,1-3H3;5-8H,3-4H2,1-2H3;5-8H,1-4H3;2*6-8H,4-5H2,1-3H3;5-7H,4H2,1-3H3;4-6H,1-3H3;2*1H4. The van der Waals surface area contributed by atoms with Crippen molar-refractivity contribution in [3.05, 3.63) is 128 Å². The van der Waals surface area contributed by atoms with E-state index in [0.717, 1.165) is 37.1 Å². The van der Waals surface area contributed by atoms with Crippen LogP contribution < -0.4 is 0 Å². The molecule has 0 amide bonds. The van der Waals surface area contributed by atoms with Crippen molar-refractivity contribution in [2.45, 2.75) is 265 Å². The Hall–Kier alpha value is -5.60. The molecule has 1 fully saturated rings. The molecule has 7 heterocycles. The molecule has 1 unspecified atom stereocenters. The highest BCUT2D eigenvalue weighted by molar-refractivity contribution is 5.07. The third-order valence-electron chi connectivity index (χ3n) is 12.1. The van der Waals surface area contributed by atoms with Crippen molar-refractivity contribution < 1.29 is 4.39 Å². The first-order valence-electron chi connectivity index (χ1n) is 28.1. The molecular formula is C62H111FN14. The molecule has 0 radical (unpaired) electrons. The Bertz CT molecular complexity index is 2360. The van der Waals surface area contributed by atoms with Crippen LogP contribution in [0.1, 0.15) is 272 Å². The second kappa shape index (κ2) is 37.3. The molecule has 1 aliphatic rings. The van der Waals surface area contributed by atoms with Gasteiger partial charge < -0.3 is 32.0 Å². The lowest BCUT2D eigenvalue weighted by atomic mass is 10.2. The monoisotopic (exact) mass is 1070 g/mol. The van der Waals surface area contributed by atoms with Crippen LogP contribution >= 0.6 is 0 Å². The van der Waals surface area contributed by atoms with Crippen molar-refractivity contribution in [2.24, 2.45) is 7.05 Å². The van der Waals surface area contributed by atoms with E-state index in [2.05, 4.69) is 220 Å². The lowest BCUT2D eigenvalue weighted by Crippen LogP contribution is -2.05. The van der Waals surface area contributed by atoms with Gasteiger partial charge in [-0.1, -0.05) is 126 Å². The minimum absolute atomic E-state index is 0. The Morgan fingerprint density at radius 3 is 1.01 bits per heavy atom. The van der Waals surface area contributed by atoms with Crippen molar-refractivity contribution in [1.82, 2.24) is 66.9 Å². The number of aryl methyl sites for hydroxylation is 4. The number of rotatable bonds is 16. The van der Waals surface area contributed by atoms with Crippen LogP contribution in [-0.2, 0) is 33.2 Å². The lowest BCUT2D eigenvalue weighted by molar-refractivity contribution is 0.320. The van der Waals surface area contributed by atoms with Crippen molar-refractivity contribution in [3.8, 4) is 0 Å². The van der Waals surface area contributed by atoms with E-state index in [1.807, 2.05) is 62.0 Å². The summed E-state index contributed by atoms with van der Waals surface area (Å²) in [5.41, 5.74) is 8.16. The fourth-order valence-electron chi connectivity index (χ4n) is 6.91. The molecule has 0 aliphatic heterocycles. The summed E-state index contributed by atoms with van der Waals surface area (Å²) in [7, 11) is 1.98. The molecule has 0 bridgehead atoms. The van der Waals surface area contributed by atoms with Gasteiger partial charge in [-0.3, -0.25) is 0 Å². The summed E-state index contributed by atoms with van der Waals surface area (Å²) in [4.78, 5) is 29.8. The second-order valence-electron chi connectivity index (χ2n) is 22.3. The van der Waals surface area contributed by atoms with E-state index in [1.165, 1.54) is 54.2 Å². The maximum absolute atomic E-state index is 12.5. The largest absolute Gasteiger partial charge is 0.340 e. The van der Waals surface area contributed by atoms with Gasteiger partial charge in [0, 0.05) is 82.1 Å². The maximum Gasteiger partial charge on any atom is 0.115 e. The van der Waals surface area contributed by atoms with Crippen LogP contribution in [-0.4, -0.2) is 73.0 Å². The van der Waals surface area contributed by atoms with Gasteiger partial charge in [-0.15, -0.1) is 0 Å². The Kier molecular flexibility index (Phi) is 34.5. The minimum Gasteiger partial charge on any atom is -0.340 e. The summed E-state index contributed by atoms with van der Waals surface area (Å²) >= 11 is 0. The molecule has 1 aliphatic carbocycles. The van der Waals surface area contributed by atoms with Crippen molar-refractivity contribution in [1.29, 1.82) is 0 Å². The molecule has 8 rings (SSSR count). The molecule has 1 atom stereocenters. The van der Waals surface area contributed by atoms with Crippen LogP contribution in [0, 0.1) is 0 Å². The summed E-state index contributed by atoms with van der Waals surface area (Å²) in [5.74, 6) is 3.71. The number of imidazole rings is 7. The van der Waals surface area contributed by atoms with Crippen molar-refractivity contribution in [3.63, 3.8) is 0 Å². The van der Waals surface area contributed by atoms with Crippen LogP contribution in [0.2, 0.25) is 0 Å². The van der Waals surface area contributed by atoms with Gasteiger partial charge in [-0.2, -0.15) is 0 Å². The Balaban J connectivity index is 0.000000873. The van der Waals surface area contributed by atoms with E-state index >= 15 is 0 Å². The van der Waals surface area contributed by atoms with E-state index < -0.39 is 6.17 Å². The molecule has 436 valence electrons. The van der Waals surface area contributed by atoms with Crippen LogP contribution in [0.15, 0.2) is 87.7 Å². The highest BCUT2D eigenvalue weighted by Gasteiger charge is 2.23. The molecule has 7 aromatic rings. The van der Waals surface area contributed by atoms with Crippen molar-refractivity contribution in [2.75, 3.05) is 0 Å². The lowest BCUT2D eigenvalue weighted by Gasteiger charge is -2.04. The van der Waals surface area contributed by atoms with Gasteiger partial charge in [0.15, 0.2) is 0 Å². The molecule has 15 heteroatoms. The normalized spacial score (nSPS) is 12.1. The van der Waals surface area contributed by atoms with Gasteiger partial charge in [0.1, 0.15) is 6.17 Å². The van der Waals surface area contributed by atoms with E-state index in [9.17, 15) is 4.39 Å². The molecule has 14 nitrogen and oxygen atoms in total. The smallest absolute Gasteiger partial charge is 0.115 e. The third-order valence-corrected chi connectivity index (χ3v) is 12.1. The summed E-state index contributed by atoms with van der Waals surface area (Å²) in [5, 5.41) is 0. The fraction of sp³-hybridized carbons (Fsp3) is 0.661. The number of halogens is 1. The fourth-order valence-corrected chi connectivity index (χ4v) is 6.91. The number of alkyl halides is 1. The zero-order valence-electron chi connectivity index (χ0n) is 50.7. The quantitative estimate of drug-likeness (QED) is 0.0943. The van der Waals surface area contributed by atoms with Crippen LogP contribution in [0.4, 0.5) is 4.39 Å².